The zero-order chi connectivity index (χ0) is 33.5. The van der Waals surface area contributed by atoms with E-state index < -0.39 is 57.5 Å². The fraction of sp³-hybridized carbons (Fsp3) is 0.429. The van der Waals surface area contributed by atoms with E-state index in [0.717, 1.165) is 25.2 Å². The van der Waals surface area contributed by atoms with Gasteiger partial charge in [-0.15, -0.1) is 0 Å². The Bertz CT molecular complexity index is 1520. The van der Waals surface area contributed by atoms with Crippen LogP contribution in [0.3, 0.4) is 0 Å². The monoisotopic (exact) mass is 653 g/mol. The Morgan fingerprint density at radius 3 is 2.51 bits per heavy atom. The minimum Gasteiger partial charge on any atom is -0.455 e. The molecule has 15 nitrogen and oxygen atoms in total. The Morgan fingerprint density at radius 1 is 1.20 bits per heavy atom. The third-order valence-electron chi connectivity index (χ3n) is 6.99. The van der Waals surface area contributed by atoms with Crippen LogP contribution in [0.2, 0.25) is 0 Å². The van der Waals surface area contributed by atoms with Gasteiger partial charge in [0.25, 0.3) is 11.8 Å². The van der Waals surface area contributed by atoms with Crippen LogP contribution in [0.15, 0.2) is 18.2 Å². The number of halogens is 1. The number of hydrogen-bond donors (Lipinski definition) is 5. The van der Waals surface area contributed by atoms with E-state index in [4.69, 9.17) is 25.0 Å². The molecular formula is C28H37FN5O10P. The van der Waals surface area contributed by atoms with Crippen LogP contribution in [0, 0.1) is 19.7 Å². The first-order valence-corrected chi connectivity index (χ1v) is 15.6. The van der Waals surface area contributed by atoms with E-state index in [1.807, 2.05) is 13.8 Å². The Hall–Kier alpha value is -3.92. The van der Waals surface area contributed by atoms with Crippen LogP contribution in [0.4, 0.5) is 14.9 Å². The highest BCUT2D eigenvalue weighted by Crippen LogP contribution is 2.39. The highest BCUT2D eigenvalue weighted by molar-refractivity contribution is 7.46. The minimum atomic E-state index is -4.97. The van der Waals surface area contributed by atoms with E-state index in [-0.39, 0.29) is 22.7 Å². The molecule has 1 unspecified atom stereocenters. The van der Waals surface area contributed by atoms with Crippen LogP contribution in [-0.2, 0) is 28.2 Å². The predicted molar refractivity (Wildman–Crippen MR) is 160 cm³/mol. The lowest BCUT2D eigenvalue weighted by molar-refractivity contribution is -0.151. The molecule has 2 aromatic rings. The molecule has 45 heavy (non-hydrogen) atoms. The number of fused-ring (bicyclic) bond motifs is 1. The molecule has 0 bridgehead atoms. The summed E-state index contributed by atoms with van der Waals surface area (Å²) in [6, 6.07) is 3.31. The molecule has 1 aromatic heterocycles. The highest BCUT2D eigenvalue weighted by Gasteiger charge is 2.39. The summed E-state index contributed by atoms with van der Waals surface area (Å²) in [6.07, 6.45) is -1.31. The predicted octanol–water partition coefficient (Wildman–Crippen LogP) is 1.85. The number of likely N-dealkylation sites (N-methyl/N-ethyl adjacent to an activating group) is 1. The lowest BCUT2D eigenvalue weighted by atomic mass is 10.0. The van der Waals surface area contributed by atoms with Gasteiger partial charge in [-0.05, 0) is 56.8 Å². The van der Waals surface area contributed by atoms with Crippen molar-refractivity contribution in [3.05, 3.63) is 52.1 Å². The summed E-state index contributed by atoms with van der Waals surface area (Å²) in [7, 11) is -4.97. The lowest BCUT2D eigenvalue weighted by Crippen LogP contribution is -2.38. The largest absolute Gasteiger partial charge is 0.469 e. The Balaban J connectivity index is 1.86. The standard InChI is InChI=1S/C28H37FN5O10P/c1-5-33(6-2)10-9-31-26(36)25-16(3)22(32-17(25)4)12-21-20-11-18(29)7-8-23(20)34(27(21)37)28(38)42-14-19(44-24(35)13-30)15-43-45(39,40)41/h7-8,11-12,19,32H,5-6,9-10,13-15,30H2,1-4H3,(H,31,36)(H2,39,40,41)/b21-12-. The summed E-state index contributed by atoms with van der Waals surface area (Å²) in [5.41, 5.74) is 7.05. The number of phosphoric acid groups is 1. The number of nitrogens with two attached hydrogens (primary N) is 1. The van der Waals surface area contributed by atoms with Crippen molar-refractivity contribution in [3.63, 3.8) is 0 Å². The molecule has 1 aliphatic rings. The van der Waals surface area contributed by atoms with E-state index in [1.54, 1.807) is 13.8 Å². The zero-order valence-corrected chi connectivity index (χ0v) is 26.2. The maximum absolute atomic E-state index is 14.3. The topological polar surface area (TPSA) is 214 Å². The van der Waals surface area contributed by atoms with Crippen molar-refractivity contribution in [2.45, 2.75) is 33.8 Å². The summed E-state index contributed by atoms with van der Waals surface area (Å²) in [5, 5.41) is 2.90. The van der Waals surface area contributed by atoms with Crippen molar-refractivity contribution in [3.8, 4) is 0 Å². The summed E-state index contributed by atoms with van der Waals surface area (Å²) in [5.74, 6) is -2.83. The van der Waals surface area contributed by atoms with Gasteiger partial charge in [-0.3, -0.25) is 18.9 Å². The van der Waals surface area contributed by atoms with Crippen LogP contribution in [0.1, 0.15) is 46.7 Å². The van der Waals surface area contributed by atoms with Crippen LogP contribution in [0.25, 0.3) is 11.6 Å². The number of amides is 3. The molecule has 0 fully saturated rings. The first-order valence-electron chi connectivity index (χ1n) is 14.0. The van der Waals surface area contributed by atoms with Crippen molar-refractivity contribution in [1.29, 1.82) is 0 Å². The molecule has 0 saturated heterocycles. The van der Waals surface area contributed by atoms with Gasteiger partial charge in [0.2, 0.25) is 0 Å². The zero-order valence-electron chi connectivity index (χ0n) is 25.3. The number of nitrogens with one attached hydrogen (secondary N) is 2. The number of hydrogen-bond acceptors (Lipinski definition) is 10. The Morgan fingerprint density at radius 2 is 1.89 bits per heavy atom. The number of nitrogens with zero attached hydrogens (tertiary/aromatic N) is 2. The number of carbonyl (C=O) groups excluding carboxylic acids is 4. The van der Waals surface area contributed by atoms with Crippen LogP contribution in [0.5, 0.6) is 0 Å². The van der Waals surface area contributed by atoms with Crippen molar-refractivity contribution in [2.24, 2.45) is 5.73 Å². The van der Waals surface area contributed by atoms with Gasteiger partial charge in [-0.2, -0.15) is 0 Å². The van der Waals surface area contributed by atoms with Crippen LogP contribution in [-0.4, -0.2) is 95.6 Å². The quantitative estimate of drug-likeness (QED) is 0.112. The van der Waals surface area contributed by atoms with Crippen molar-refractivity contribution in [2.75, 3.05) is 50.8 Å². The lowest BCUT2D eigenvalue weighted by Gasteiger charge is -2.20. The van der Waals surface area contributed by atoms with E-state index in [1.165, 1.54) is 12.1 Å². The van der Waals surface area contributed by atoms with Crippen molar-refractivity contribution < 1.29 is 51.9 Å². The average molecular weight is 654 g/mol. The first kappa shape index (κ1) is 35.6. The minimum absolute atomic E-state index is 0.00470. The van der Waals surface area contributed by atoms with Gasteiger partial charge < -0.3 is 40.2 Å². The number of phosphoric ester groups is 1. The van der Waals surface area contributed by atoms with Gasteiger partial charge in [0.05, 0.1) is 30.0 Å². The Labute approximate surface area is 258 Å². The van der Waals surface area contributed by atoms with Gasteiger partial charge in [0.1, 0.15) is 12.4 Å². The van der Waals surface area contributed by atoms with Gasteiger partial charge in [0, 0.05) is 30.0 Å². The number of anilines is 1. The smallest absolute Gasteiger partial charge is 0.455 e. The summed E-state index contributed by atoms with van der Waals surface area (Å²) >= 11 is 0. The number of H-pyrrole nitrogens is 1. The summed E-state index contributed by atoms with van der Waals surface area (Å²) < 4.78 is 39.8. The number of aryl methyl sites for hydroxylation is 1. The SMILES string of the molecule is CCN(CC)CCNC(=O)c1c(C)[nH]c(/C=C2\C(=O)N(C(=O)OCC(COP(=O)(O)O)OC(=O)CN)c3ccc(F)cc32)c1C. The number of esters is 1. The number of imide groups is 1. The number of rotatable bonds is 14. The second-order valence-corrected chi connectivity index (χ2v) is 11.2. The fourth-order valence-electron chi connectivity index (χ4n) is 4.70. The first-order chi connectivity index (χ1) is 21.2. The normalized spacial score (nSPS) is 14.6. The Kier molecular flexibility index (Phi) is 12.2. The van der Waals surface area contributed by atoms with Gasteiger partial charge in [0.15, 0.2) is 6.10 Å². The molecule has 246 valence electrons. The number of ether oxygens (including phenoxy) is 2. The molecular weight excluding hydrogens is 616 g/mol. The number of aromatic nitrogens is 1. The van der Waals surface area contributed by atoms with Gasteiger partial charge >= 0.3 is 19.9 Å². The van der Waals surface area contributed by atoms with Crippen LogP contribution < -0.4 is 16.0 Å². The molecule has 17 heteroatoms. The number of carbonyl (C=O) groups is 4. The molecule has 2 heterocycles. The molecule has 0 aliphatic carbocycles. The van der Waals surface area contributed by atoms with Gasteiger partial charge in [-0.1, -0.05) is 13.8 Å². The highest BCUT2D eigenvalue weighted by atomic mass is 31.2. The molecule has 0 saturated carbocycles. The molecule has 6 N–H and O–H groups in total. The van der Waals surface area contributed by atoms with Crippen molar-refractivity contribution in [1.82, 2.24) is 15.2 Å². The molecule has 3 rings (SSSR count). The molecule has 1 atom stereocenters. The van der Waals surface area contributed by atoms with Crippen molar-refractivity contribution >= 4 is 49.0 Å². The maximum Gasteiger partial charge on any atom is 0.469 e. The third kappa shape index (κ3) is 9.06. The van der Waals surface area contributed by atoms with E-state index in [0.29, 0.717) is 40.5 Å². The fourth-order valence-corrected chi connectivity index (χ4v) is 5.06. The number of aromatic amines is 1. The average Bonchev–Trinajstić information content (AvgIpc) is 3.42. The molecule has 0 spiro atoms. The molecule has 1 aliphatic heterocycles. The molecule has 1 aromatic carbocycles. The molecule has 3 amide bonds. The van der Waals surface area contributed by atoms with Gasteiger partial charge in [-0.25, -0.2) is 18.6 Å². The number of benzene rings is 1. The maximum atomic E-state index is 14.3. The third-order valence-corrected chi connectivity index (χ3v) is 7.48. The van der Waals surface area contributed by atoms with E-state index in [2.05, 4.69) is 19.7 Å². The van der Waals surface area contributed by atoms with E-state index >= 15 is 0 Å². The molecule has 0 radical (unpaired) electrons. The summed E-state index contributed by atoms with van der Waals surface area (Å²) in [4.78, 5) is 75.1. The van der Waals surface area contributed by atoms with E-state index in [9.17, 15) is 28.1 Å². The second-order valence-electron chi connectivity index (χ2n) is 9.99. The second kappa shape index (κ2) is 15.4. The van der Waals surface area contributed by atoms with Crippen LogP contribution >= 0.6 is 7.82 Å². The summed E-state index contributed by atoms with van der Waals surface area (Å²) in [6.45, 7) is 8.07.